The van der Waals surface area contributed by atoms with Crippen LogP contribution in [-0.4, -0.2) is 40.9 Å². The number of likely N-dealkylation sites (tertiary alicyclic amines) is 1. The molecule has 0 radical (unpaired) electrons. The average molecular weight is 254 g/mol. The highest BCUT2D eigenvalue weighted by molar-refractivity contribution is 6.03. The van der Waals surface area contributed by atoms with Gasteiger partial charge in [0.15, 0.2) is 0 Å². The van der Waals surface area contributed by atoms with Crippen molar-refractivity contribution in [2.24, 2.45) is 16.6 Å². The maximum Gasteiger partial charge on any atom is 0.319 e. The number of aliphatic carboxylic acids is 1. The summed E-state index contributed by atoms with van der Waals surface area (Å²) in [6.45, 7) is 2.36. The van der Waals surface area contributed by atoms with Crippen LogP contribution in [0.1, 0.15) is 32.6 Å². The van der Waals surface area contributed by atoms with Gasteiger partial charge in [0, 0.05) is 13.1 Å². The van der Waals surface area contributed by atoms with E-state index in [4.69, 9.17) is 5.73 Å². The van der Waals surface area contributed by atoms with E-state index in [2.05, 4.69) is 0 Å². The molecule has 0 spiro atoms. The van der Waals surface area contributed by atoms with Crippen LogP contribution in [0.15, 0.2) is 0 Å². The Morgan fingerprint density at radius 2 is 1.83 bits per heavy atom. The fourth-order valence-corrected chi connectivity index (χ4v) is 2.69. The number of amides is 2. The van der Waals surface area contributed by atoms with Crippen molar-refractivity contribution < 1.29 is 19.5 Å². The molecule has 1 aliphatic carbocycles. The molecule has 1 aliphatic heterocycles. The third-order valence-corrected chi connectivity index (χ3v) is 4.38. The summed E-state index contributed by atoms with van der Waals surface area (Å²) in [5, 5.41) is 9.21. The SMILES string of the molecule is CC1(C(N)=O)CCN(C(=O)C2(C(=O)O)CCC2)C1. The second kappa shape index (κ2) is 3.96. The van der Waals surface area contributed by atoms with E-state index >= 15 is 0 Å². The molecule has 100 valence electrons. The standard InChI is InChI=1S/C12H18N2O4/c1-11(8(13)15)5-6-14(7-11)9(16)12(10(17)18)3-2-4-12/h2-7H2,1H3,(H2,13,15)(H,17,18). The Balaban J connectivity index is 2.13. The van der Waals surface area contributed by atoms with Gasteiger partial charge in [0.25, 0.3) is 0 Å². The molecule has 0 aromatic heterocycles. The summed E-state index contributed by atoms with van der Waals surface area (Å²) in [7, 11) is 0. The monoisotopic (exact) mass is 254 g/mol. The van der Waals surface area contributed by atoms with Gasteiger partial charge in [0.1, 0.15) is 5.41 Å². The van der Waals surface area contributed by atoms with E-state index in [1.807, 2.05) is 0 Å². The Morgan fingerprint density at radius 1 is 1.22 bits per heavy atom. The number of carboxylic acid groups (broad SMARTS) is 1. The lowest BCUT2D eigenvalue weighted by Crippen LogP contribution is -2.52. The first kappa shape index (κ1) is 12.9. The Labute approximate surface area is 105 Å². The van der Waals surface area contributed by atoms with Crippen LogP contribution in [0.4, 0.5) is 0 Å². The van der Waals surface area contributed by atoms with E-state index < -0.39 is 22.7 Å². The van der Waals surface area contributed by atoms with Crippen LogP contribution in [0, 0.1) is 10.8 Å². The van der Waals surface area contributed by atoms with Gasteiger partial charge in [0.2, 0.25) is 11.8 Å². The minimum Gasteiger partial charge on any atom is -0.480 e. The lowest BCUT2D eigenvalue weighted by molar-refractivity contribution is -0.167. The maximum atomic E-state index is 12.3. The second-order valence-corrected chi connectivity index (χ2v) is 5.64. The number of nitrogens with two attached hydrogens (primary N) is 1. The molecule has 2 fully saturated rings. The van der Waals surface area contributed by atoms with Gasteiger partial charge in [-0.05, 0) is 26.2 Å². The Bertz CT molecular complexity index is 416. The number of hydrogen-bond donors (Lipinski definition) is 2. The minimum absolute atomic E-state index is 0.232. The number of rotatable bonds is 3. The van der Waals surface area contributed by atoms with Gasteiger partial charge in [-0.25, -0.2) is 0 Å². The summed E-state index contributed by atoms with van der Waals surface area (Å²) in [5.41, 5.74) is 3.35. The molecule has 1 atom stereocenters. The van der Waals surface area contributed by atoms with Crippen molar-refractivity contribution in [1.29, 1.82) is 0 Å². The molecule has 1 saturated carbocycles. The first-order chi connectivity index (χ1) is 8.32. The Kier molecular flexibility index (Phi) is 2.83. The molecule has 0 bridgehead atoms. The maximum absolute atomic E-state index is 12.3. The molecule has 0 aromatic rings. The number of nitrogens with zero attached hydrogens (tertiary/aromatic N) is 1. The highest BCUT2D eigenvalue weighted by Gasteiger charge is 2.55. The second-order valence-electron chi connectivity index (χ2n) is 5.64. The van der Waals surface area contributed by atoms with Crippen LogP contribution in [0.2, 0.25) is 0 Å². The molecule has 1 heterocycles. The average Bonchev–Trinajstić information content (AvgIpc) is 2.59. The quantitative estimate of drug-likeness (QED) is 0.690. The van der Waals surface area contributed by atoms with E-state index in [1.54, 1.807) is 6.92 Å². The smallest absolute Gasteiger partial charge is 0.319 e. The zero-order valence-electron chi connectivity index (χ0n) is 10.4. The lowest BCUT2D eigenvalue weighted by atomic mass is 9.68. The summed E-state index contributed by atoms with van der Waals surface area (Å²) in [6, 6.07) is 0. The van der Waals surface area contributed by atoms with Crippen molar-refractivity contribution in [3.63, 3.8) is 0 Å². The van der Waals surface area contributed by atoms with Crippen molar-refractivity contribution in [3.8, 4) is 0 Å². The normalized spacial score (nSPS) is 29.7. The van der Waals surface area contributed by atoms with Crippen molar-refractivity contribution in [3.05, 3.63) is 0 Å². The summed E-state index contributed by atoms with van der Waals surface area (Å²) in [4.78, 5) is 36.4. The molecule has 0 aromatic carbocycles. The summed E-state index contributed by atoms with van der Waals surface area (Å²) < 4.78 is 0. The lowest BCUT2D eigenvalue weighted by Gasteiger charge is -2.39. The molecular weight excluding hydrogens is 236 g/mol. The van der Waals surface area contributed by atoms with Crippen LogP contribution >= 0.6 is 0 Å². The predicted octanol–water partition coefficient (Wildman–Crippen LogP) is -0.0348. The van der Waals surface area contributed by atoms with Crippen molar-refractivity contribution in [2.75, 3.05) is 13.1 Å². The van der Waals surface area contributed by atoms with Crippen molar-refractivity contribution in [1.82, 2.24) is 4.90 Å². The van der Waals surface area contributed by atoms with Crippen molar-refractivity contribution >= 4 is 17.8 Å². The molecule has 2 aliphatic rings. The van der Waals surface area contributed by atoms with E-state index in [1.165, 1.54) is 4.90 Å². The largest absolute Gasteiger partial charge is 0.480 e. The summed E-state index contributed by atoms with van der Waals surface area (Å²) in [5.74, 6) is -1.84. The van der Waals surface area contributed by atoms with Gasteiger partial charge in [-0.3, -0.25) is 14.4 Å². The molecule has 2 rings (SSSR count). The van der Waals surface area contributed by atoms with E-state index in [9.17, 15) is 19.5 Å². The Morgan fingerprint density at radius 3 is 2.17 bits per heavy atom. The van der Waals surface area contributed by atoms with Gasteiger partial charge in [-0.15, -0.1) is 0 Å². The van der Waals surface area contributed by atoms with Gasteiger partial charge in [0.05, 0.1) is 5.41 Å². The highest BCUT2D eigenvalue weighted by Crippen LogP contribution is 2.44. The number of carbonyl (C=O) groups excluding carboxylic acids is 2. The van der Waals surface area contributed by atoms with E-state index in [0.717, 1.165) is 6.42 Å². The Hall–Kier alpha value is -1.59. The van der Waals surface area contributed by atoms with E-state index in [-0.39, 0.29) is 12.5 Å². The van der Waals surface area contributed by atoms with Gasteiger partial charge >= 0.3 is 5.97 Å². The zero-order valence-corrected chi connectivity index (χ0v) is 10.4. The third-order valence-electron chi connectivity index (χ3n) is 4.38. The number of hydrogen-bond acceptors (Lipinski definition) is 3. The molecule has 18 heavy (non-hydrogen) atoms. The molecule has 6 nitrogen and oxygen atoms in total. The number of carbonyl (C=O) groups is 3. The number of primary amides is 1. The molecule has 3 N–H and O–H groups in total. The molecule has 1 saturated heterocycles. The van der Waals surface area contributed by atoms with E-state index in [0.29, 0.717) is 25.8 Å². The summed E-state index contributed by atoms with van der Waals surface area (Å²) >= 11 is 0. The van der Waals surface area contributed by atoms with Crippen LogP contribution in [0.25, 0.3) is 0 Å². The van der Waals surface area contributed by atoms with Crippen molar-refractivity contribution in [2.45, 2.75) is 32.6 Å². The number of carboxylic acids is 1. The van der Waals surface area contributed by atoms with Crippen LogP contribution < -0.4 is 5.73 Å². The summed E-state index contributed by atoms with van der Waals surface area (Å²) in [6.07, 6.45) is 2.05. The first-order valence-corrected chi connectivity index (χ1v) is 6.14. The van der Waals surface area contributed by atoms with Gasteiger partial charge in [-0.2, -0.15) is 0 Å². The predicted molar refractivity (Wildman–Crippen MR) is 62.4 cm³/mol. The minimum atomic E-state index is -1.25. The fraction of sp³-hybridized carbons (Fsp3) is 0.750. The molecule has 1 unspecified atom stereocenters. The highest BCUT2D eigenvalue weighted by atomic mass is 16.4. The fourth-order valence-electron chi connectivity index (χ4n) is 2.69. The third kappa shape index (κ3) is 1.67. The van der Waals surface area contributed by atoms with Crippen LogP contribution in [0.3, 0.4) is 0 Å². The topological polar surface area (TPSA) is 101 Å². The van der Waals surface area contributed by atoms with Gasteiger partial charge in [-0.1, -0.05) is 6.42 Å². The van der Waals surface area contributed by atoms with Gasteiger partial charge < -0.3 is 15.7 Å². The van der Waals surface area contributed by atoms with Crippen LogP contribution in [-0.2, 0) is 14.4 Å². The zero-order chi connectivity index (χ0) is 13.6. The first-order valence-electron chi connectivity index (χ1n) is 6.14. The van der Waals surface area contributed by atoms with Crippen LogP contribution in [0.5, 0.6) is 0 Å². The molecule has 6 heteroatoms. The molecule has 2 amide bonds. The molecular formula is C12H18N2O4.